The highest BCUT2D eigenvalue weighted by atomic mass is 35.5. The van der Waals surface area contributed by atoms with Gasteiger partial charge in [-0.25, -0.2) is 4.98 Å². The SMILES string of the molecule is CC1(C)CC(=O)c2c(nc(Nc3cccc(C(F)(F)F)c3)nc2Nc2ccc(Cl)c(Cl)c2)C1. The molecule has 0 saturated carbocycles. The standard InChI is InChI=1S/C23H19Cl2F3N4O/c1-22(2)10-17-19(18(33)11-22)20(29-14-6-7-15(24)16(25)9-14)32-21(31-17)30-13-5-3-4-12(8-13)23(26,27)28/h3-9H,10-11H2,1-2H3,(H2,29,30,31,32). The fourth-order valence-electron chi connectivity index (χ4n) is 3.73. The normalized spacial score (nSPS) is 15.2. The van der Waals surface area contributed by atoms with E-state index in [4.69, 9.17) is 23.2 Å². The lowest BCUT2D eigenvalue weighted by Gasteiger charge is -2.30. The fraction of sp³-hybridized carbons (Fsp3) is 0.261. The number of benzene rings is 2. The van der Waals surface area contributed by atoms with Gasteiger partial charge < -0.3 is 10.6 Å². The van der Waals surface area contributed by atoms with Crippen molar-refractivity contribution in [3.8, 4) is 0 Å². The van der Waals surface area contributed by atoms with Gasteiger partial charge in [-0.15, -0.1) is 0 Å². The molecule has 0 saturated heterocycles. The summed E-state index contributed by atoms with van der Waals surface area (Å²) >= 11 is 12.1. The van der Waals surface area contributed by atoms with Crippen molar-refractivity contribution in [2.45, 2.75) is 32.9 Å². The number of nitrogens with zero attached hydrogens (tertiary/aromatic N) is 2. The molecule has 0 atom stereocenters. The molecule has 1 aliphatic carbocycles. The molecule has 3 aromatic rings. The van der Waals surface area contributed by atoms with Crippen LogP contribution in [-0.4, -0.2) is 15.8 Å². The van der Waals surface area contributed by atoms with E-state index in [0.717, 1.165) is 12.1 Å². The van der Waals surface area contributed by atoms with Gasteiger partial charge in [-0.2, -0.15) is 18.2 Å². The zero-order valence-electron chi connectivity index (χ0n) is 17.6. The van der Waals surface area contributed by atoms with Gasteiger partial charge in [0.2, 0.25) is 5.95 Å². The van der Waals surface area contributed by atoms with Gasteiger partial charge in [-0.1, -0.05) is 43.1 Å². The third-order valence-corrected chi connectivity index (χ3v) is 5.92. The summed E-state index contributed by atoms with van der Waals surface area (Å²) < 4.78 is 39.3. The summed E-state index contributed by atoms with van der Waals surface area (Å²) in [7, 11) is 0. The summed E-state index contributed by atoms with van der Waals surface area (Å²) in [5, 5.41) is 6.61. The third kappa shape index (κ3) is 5.23. The van der Waals surface area contributed by atoms with Crippen molar-refractivity contribution in [1.29, 1.82) is 0 Å². The number of Topliss-reactive ketones (excluding diaryl/α,β-unsaturated/α-hetero) is 1. The van der Waals surface area contributed by atoms with Crippen LogP contribution in [0.4, 0.5) is 36.3 Å². The summed E-state index contributed by atoms with van der Waals surface area (Å²) in [5.41, 5.74) is 0.487. The van der Waals surface area contributed by atoms with E-state index < -0.39 is 11.7 Å². The predicted octanol–water partition coefficient (Wildman–Crippen LogP) is 7.44. The van der Waals surface area contributed by atoms with Gasteiger partial charge in [0.05, 0.1) is 26.9 Å². The number of alkyl halides is 3. The van der Waals surface area contributed by atoms with Crippen LogP contribution in [-0.2, 0) is 12.6 Å². The molecule has 4 rings (SSSR count). The molecule has 2 N–H and O–H groups in total. The molecule has 5 nitrogen and oxygen atoms in total. The van der Waals surface area contributed by atoms with Crippen LogP contribution in [0.5, 0.6) is 0 Å². The second-order valence-electron chi connectivity index (χ2n) is 8.62. The van der Waals surface area contributed by atoms with Crippen molar-refractivity contribution in [3.63, 3.8) is 0 Å². The Morgan fingerprint density at radius 2 is 1.67 bits per heavy atom. The van der Waals surface area contributed by atoms with Crippen molar-refractivity contribution in [3.05, 3.63) is 69.3 Å². The number of aromatic nitrogens is 2. The van der Waals surface area contributed by atoms with E-state index in [0.29, 0.717) is 39.8 Å². The first-order valence-corrected chi connectivity index (χ1v) is 10.8. The lowest BCUT2D eigenvalue weighted by molar-refractivity contribution is -0.137. The summed E-state index contributed by atoms with van der Waals surface area (Å²) in [4.78, 5) is 21.8. The van der Waals surface area contributed by atoms with Gasteiger partial charge in [-0.3, -0.25) is 4.79 Å². The molecule has 33 heavy (non-hydrogen) atoms. The minimum Gasteiger partial charge on any atom is -0.339 e. The van der Waals surface area contributed by atoms with Crippen LogP contribution in [0.2, 0.25) is 10.0 Å². The van der Waals surface area contributed by atoms with Gasteiger partial charge in [0.15, 0.2) is 5.78 Å². The monoisotopic (exact) mass is 494 g/mol. The third-order valence-electron chi connectivity index (χ3n) is 5.18. The van der Waals surface area contributed by atoms with E-state index in [2.05, 4.69) is 20.6 Å². The molecule has 0 radical (unpaired) electrons. The van der Waals surface area contributed by atoms with Gasteiger partial charge in [0.1, 0.15) is 5.82 Å². The Hall–Kier alpha value is -2.84. The van der Waals surface area contributed by atoms with Crippen LogP contribution in [0.1, 0.15) is 41.9 Å². The van der Waals surface area contributed by atoms with Crippen LogP contribution >= 0.6 is 23.2 Å². The van der Waals surface area contributed by atoms with E-state index in [1.165, 1.54) is 12.1 Å². The van der Waals surface area contributed by atoms with Crippen LogP contribution < -0.4 is 10.6 Å². The highest BCUT2D eigenvalue weighted by Gasteiger charge is 2.35. The second kappa shape index (κ2) is 8.50. The fourth-order valence-corrected chi connectivity index (χ4v) is 4.02. The average molecular weight is 495 g/mol. The Morgan fingerprint density at radius 3 is 2.36 bits per heavy atom. The Balaban J connectivity index is 1.76. The molecule has 0 fully saturated rings. The van der Waals surface area contributed by atoms with Gasteiger partial charge in [0, 0.05) is 17.8 Å². The molecule has 172 valence electrons. The minimum absolute atomic E-state index is 0.0705. The molecule has 1 heterocycles. The predicted molar refractivity (Wildman–Crippen MR) is 123 cm³/mol. The van der Waals surface area contributed by atoms with Gasteiger partial charge in [0.25, 0.3) is 0 Å². The number of halogens is 5. The van der Waals surface area contributed by atoms with Gasteiger partial charge >= 0.3 is 6.18 Å². The zero-order valence-corrected chi connectivity index (χ0v) is 19.2. The number of anilines is 4. The molecule has 0 aliphatic heterocycles. The zero-order chi connectivity index (χ0) is 24.0. The van der Waals surface area contributed by atoms with E-state index >= 15 is 0 Å². The first-order chi connectivity index (χ1) is 15.4. The molecule has 10 heteroatoms. The molecule has 0 bridgehead atoms. The lowest BCUT2D eigenvalue weighted by atomic mass is 9.75. The van der Waals surface area contributed by atoms with Crippen molar-refractivity contribution < 1.29 is 18.0 Å². The topological polar surface area (TPSA) is 66.9 Å². The average Bonchev–Trinajstić information content (AvgIpc) is 2.69. The number of fused-ring (bicyclic) bond motifs is 1. The van der Waals surface area contributed by atoms with Crippen LogP contribution in [0, 0.1) is 5.41 Å². The Kier molecular flexibility index (Phi) is 6.01. The number of carbonyl (C=O) groups is 1. The summed E-state index contributed by atoms with van der Waals surface area (Å²) in [5.74, 6) is 0.198. The molecule has 1 aliphatic rings. The van der Waals surface area contributed by atoms with Crippen molar-refractivity contribution in [2.75, 3.05) is 10.6 Å². The molecular weight excluding hydrogens is 476 g/mol. The number of carbonyl (C=O) groups excluding carboxylic acids is 1. The number of ketones is 1. The second-order valence-corrected chi connectivity index (χ2v) is 9.43. The highest BCUT2D eigenvalue weighted by molar-refractivity contribution is 6.42. The molecule has 0 unspecified atom stereocenters. The number of hydrogen-bond acceptors (Lipinski definition) is 5. The summed E-state index contributed by atoms with van der Waals surface area (Å²) in [6, 6.07) is 9.62. The first kappa shape index (κ1) is 23.3. The minimum atomic E-state index is -4.48. The summed E-state index contributed by atoms with van der Waals surface area (Å²) in [6.07, 6.45) is -3.66. The quantitative estimate of drug-likeness (QED) is 0.394. The maximum Gasteiger partial charge on any atom is 0.416 e. The largest absolute Gasteiger partial charge is 0.416 e. The van der Waals surface area contributed by atoms with Gasteiger partial charge in [-0.05, 0) is 48.2 Å². The van der Waals surface area contributed by atoms with Crippen LogP contribution in [0.15, 0.2) is 42.5 Å². The van der Waals surface area contributed by atoms with Crippen molar-refractivity contribution >= 4 is 52.1 Å². The van der Waals surface area contributed by atoms with E-state index in [-0.39, 0.29) is 28.7 Å². The molecule has 2 aromatic carbocycles. The first-order valence-electron chi connectivity index (χ1n) is 10.0. The number of nitrogens with one attached hydrogen (secondary N) is 2. The maximum absolute atomic E-state index is 13.1. The summed E-state index contributed by atoms with van der Waals surface area (Å²) in [6.45, 7) is 3.92. The molecular formula is C23H19Cl2F3N4O. The molecule has 0 amide bonds. The Bertz CT molecular complexity index is 1240. The smallest absolute Gasteiger partial charge is 0.339 e. The lowest BCUT2D eigenvalue weighted by Crippen LogP contribution is -2.29. The van der Waals surface area contributed by atoms with E-state index in [9.17, 15) is 18.0 Å². The van der Waals surface area contributed by atoms with E-state index in [1.807, 2.05) is 13.8 Å². The Morgan fingerprint density at radius 1 is 0.939 bits per heavy atom. The maximum atomic E-state index is 13.1. The van der Waals surface area contributed by atoms with Crippen LogP contribution in [0.25, 0.3) is 0 Å². The highest BCUT2D eigenvalue weighted by Crippen LogP contribution is 2.38. The number of hydrogen-bond donors (Lipinski definition) is 2. The molecule has 0 spiro atoms. The Labute approximate surface area is 198 Å². The van der Waals surface area contributed by atoms with Crippen molar-refractivity contribution in [2.24, 2.45) is 5.41 Å². The van der Waals surface area contributed by atoms with Crippen molar-refractivity contribution in [1.82, 2.24) is 9.97 Å². The number of rotatable bonds is 4. The molecule has 1 aromatic heterocycles. The van der Waals surface area contributed by atoms with Crippen LogP contribution in [0.3, 0.4) is 0 Å². The van der Waals surface area contributed by atoms with E-state index in [1.54, 1.807) is 18.2 Å².